The summed E-state index contributed by atoms with van der Waals surface area (Å²) in [6.45, 7) is 4.00. The molecule has 21 heavy (non-hydrogen) atoms. The third kappa shape index (κ3) is 3.26. The number of allylic oxidation sites excluding steroid dienone is 4. The molecule has 0 fully saturated rings. The van der Waals surface area contributed by atoms with Gasteiger partial charge in [-0.2, -0.15) is 0 Å². The van der Waals surface area contributed by atoms with Crippen molar-refractivity contribution in [3.05, 3.63) is 66.3 Å². The van der Waals surface area contributed by atoms with Gasteiger partial charge in [0.2, 0.25) is 0 Å². The van der Waals surface area contributed by atoms with E-state index in [1.54, 1.807) is 0 Å². The Hall–Kier alpha value is -1.84. The molecule has 0 saturated carbocycles. The maximum Gasteiger partial charge on any atom is 0.459 e. The van der Waals surface area contributed by atoms with Crippen LogP contribution in [0.25, 0.3) is 16.3 Å². The Labute approximate surface area is 126 Å². The molecule has 2 aromatic rings. The van der Waals surface area contributed by atoms with Gasteiger partial charge in [-0.25, -0.2) is 0 Å². The van der Waals surface area contributed by atoms with Crippen molar-refractivity contribution in [3.63, 3.8) is 0 Å². The lowest BCUT2D eigenvalue weighted by Gasteiger charge is -2.22. The lowest BCUT2D eigenvalue weighted by Crippen LogP contribution is -2.22. The number of hydrogen-bond acceptors (Lipinski definition) is 2. The van der Waals surface area contributed by atoms with Crippen molar-refractivity contribution in [2.45, 2.75) is 26.1 Å². The van der Waals surface area contributed by atoms with E-state index in [0.717, 1.165) is 16.5 Å². The first-order valence-corrected chi connectivity index (χ1v) is 7.48. The van der Waals surface area contributed by atoms with Gasteiger partial charge >= 0.3 is 7.12 Å². The normalized spacial score (nSPS) is 17.0. The summed E-state index contributed by atoms with van der Waals surface area (Å²) < 4.78 is 0. The van der Waals surface area contributed by atoms with Crippen LogP contribution >= 0.6 is 0 Å². The van der Waals surface area contributed by atoms with E-state index in [0.29, 0.717) is 6.42 Å². The Morgan fingerprint density at radius 3 is 2.48 bits per heavy atom. The summed E-state index contributed by atoms with van der Waals surface area (Å²) in [4.78, 5) is 0. The summed E-state index contributed by atoms with van der Waals surface area (Å²) in [6.07, 6.45) is 6.59. The molecule has 2 nitrogen and oxygen atoms in total. The van der Waals surface area contributed by atoms with Crippen molar-refractivity contribution in [2.24, 2.45) is 0 Å². The molecule has 0 spiro atoms. The second-order valence-electron chi connectivity index (χ2n) is 4.83. The van der Waals surface area contributed by atoms with Gasteiger partial charge in [0.05, 0.1) is 0 Å². The Morgan fingerprint density at radius 2 is 1.71 bits per heavy atom. The fourth-order valence-corrected chi connectivity index (χ4v) is 2.70. The molecule has 1 aliphatic carbocycles. The minimum Gasteiger partial charge on any atom is -0.427 e. The monoisotopic (exact) mass is 280 g/mol. The lowest BCUT2D eigenvalue weighted by molar-refractivity contribution is 0.396. The van der Waals surface area contributed by atoms with Crippen LogP contribution in [0.15, 0.2) is 60.7 Å². The summed E-state index contributed by atoms with van der Waals surface area (Å²) in [7, 11) is -1.32. The minimum absolute atomic E-state index is 0.254. The summed E-state index contributed by atoms with van der Waals surface area (Å²) in [5.41, 5.74) is 2.08. The molecule has 1 atom stereocenters. The molecule has 3 heteroatoms. The summed E-state index contributed by atoms with van der Waals surface area (Å²) in [5.74, 6) is -0.254. The third-order valence-corrected chi connectivity index (χ3v) is 3.66. The highest BCUT2D eigenvalue weighted by molar-refractivity contribution is 6.46. The van der Waals surface area contributed by atoms with Gasteiger partial charge in [-0.3, -0.25) is 0 Å². The van der Waals surface area contributed by atoms with Crippen molar-refractivity contribution in [3.8, 4) is 0 Å². The molecule has 0 heterocycles. The first-order chi connectivity index (χ1) is 10.3. The molecular formula is C18H21BO2. The van der Waals surface area contributed by atoms with Crippen LogP contribution < -0.4 is 0 Å². The van der Waals surface area contributed by atoms with E-state index in [4.69, 9.17) is 0 Å². The maximum atomic E-state index is 9.56. The van der Waals surface area contributed by atoms with Crippen molar-refractivity contribution < 1.29 is 10.0 Å². The van der Waals surface area contributed by atoms with Gasteiger partial charge in [0.25, 0.3) is 0 Å². The van der Waals surface area contributed by atoms with Crippen LogP contribution in [0.2, 0.25) is 5.82 Å². The molecule has 1 unspecified atom stereocenters. The molecule has 2 aromatic carbocycles. The van der Waals surface area contributed by atoms with E-state index in [2.05, 4.69) is 18.2 Å². The topological polar surface area (TPSA) is 40.5 Å². The molecule has 0 aliphatic heterocycles. The Kier molecular flexibility index (Phi) is 5.37. The number of benzene rings is 2. The van der Waals surface area contributed by atoms with E-state index in [1.807, 2.05) is 56.3 Å². The van der Waals surface area contributed by atoms with Crippen molar-refractivity contribution >= 4 is 23.5 Å². The predicted molar refractivity (Wildman–Crippen MR) is 91.0 cm³/mol. The van der Waals surface area contributed by atoms with Gasteiger partial charge in [0.1, 0.15) is 0 Å². The summed E-state index contributed by atoms with van der Waals surface area (Å²) >= 11 is 0. The van der Waals surface area contributed by atoms with Gasteiger partial charge in [-0.1, -0.05) is 74.5 Å². The van der Waals surface area contributed by atoms with Crippen LogP contribution in [0.3, 0.4) is 0 Å². The highest BCUT2D eigenvalue weighted by atomic mass is 16.4. The van der Waals surface area contributed by atoms with E-state index in [9.17, 15) is 10.0 Å². The number of hydrogen-bond donors (Lipinski definition) is 2. The summed E-state index contributed by atoms with van der Waals surface area (Å²) in [5, 5.41) is 21.4. The van der Waals surface area contributed by atoms with Gasteiger partial charge in [-0.15, -0.1) is 0 Å². The zero-order chi connectivity index (χ0) is 15.2. The molecule has 0 aromatic heterocycles. The van der Waals surface area contributed by atoms with Crippen LogP contribution in [0.4, 0.5) is 0 Å². The van der Waals surface area contributed by atoms with Crippen molar-refractivity contribution in [1.29, 1.82) is 0 Å². The zero-order valence-electron chi connectivity index (χ0n) is 12.5. The second-order valence-corrected chi connectivity index (χ2v) is 4.83. The molecule has 0 amide bonds. The van der Waals surface area contributed by atoms with E-state index < -0.39 is 7.12 Å². The van der Waals surface area contributed by atoms with Gasteiger partial charge < -0.3 is 10.0 Å². The van der Waals surface area contributed by atoms with Crippen LogP contribution in [-0.4, -0.2) is 17.2 Å². The standard InChI is InChI=1S/C16H15BO2.C2H6/c18-17(19)16-11-4-3-9-15(16)14-10-5-7-12-6-1-2-8-13(12)14;1-2/h1-10,16,18-19H,11H2;1-2H3. The van der Waals surface area contributed by atoms with Crippen molar-refractivity contribution in [1.82, 2.24) is 0 Å². The largest absolute Gasteiger partial charge is 0.459 e. The first-order valence-electron chi connectivity index (χ1n) is 7.48. The maximum absolute atomic E-state index is 9.56. The van der Waals surface area contributed by atoms with Crippen molar-refractivity contribution in [2.75, 3.05) is 0 Å². The molecule has 108 valence electrons. The molecule has 3 rings (SSSR count). The lowest BCUT2D eigenvalue weighted by atomic mass is 9.63. The Morgan fingerprint density at radius 1 is 1.00 bits per heavy atom. The fraction of sp³-hybridized carbons (Fsp3) is 0.222. The molecule has 0 radical (unpaired) electrons. The van der Waals surface area contributed by atoms with Gasteiger partial charge in [0, 0.05) is 5.82 Å². The SMILES string of the molecule is CC.OB(O)C1CC=CC=C1c1cccc2ccccc12. The van der Waals surface area contributed by atoms with Crippen LogP contribution in [0.1, 0.15) is 25.8 Å². The van der Waals surface area contributed by atoms with E-state index >= 15 is 0 Å². The highest BCUT2D eigenvalue weighted by Gasteiger charge is 2.28. The molecule has 2 N–H and O–H groups in total. The summed E-state index contributed by atoms with van der Waals surface area (Å²) in [6, 6.07) is 14.3. The van der Waals surface area contributed by atoms with E-state index in [1.165, 1.54) is 5.39 Å². The Bertz CT molecular complexity index is 654. The van der Waals surface area contributed by atoms with Crippen LogP contribution in [0.5, 0.6) is 0 Å². The molecular weight excluding hydrogens is 259 g/mol. The number of fused-ring (bicyclic) bond motifs is 1. The fourth-order valence-electron chi connectivity index (χ4n) is 2.70. The quantitative estimate of drug-likeness (QED) is 0.815. The zero-order valence-corrected chi connectivity index (χ0v) is 12.5. The second kappa shape index (κ2) is 7.25. The van der Waals surface area contributed by atoms with Gasteiger partial charge in [-0.05, 0) is 28.3 Å². The molecule has 0 bridgehead atoms. The van der Waals surface area contributed by atoms with Crippen LogP contribution in [-0.2, 0) is 0 Å². The number of rotatable bonds is 2. The van der Waals surface area contributed by atoms with E-state index in [-0.39, 0.29) is 5.82 Å². The predicted octanol–water partition coefficient (Wildman–Crippen LogP) is 4.05. The smallest absolute Gasteiger partial charge is 0.427 e. The third-order valence-electron chi connectivity index (χ3n) is 3.66. The minimum atomic E-state index is -1.32. The Balaban J connectivity index is 0.000000774. The van der Waals surface area contributed by atoms with Crippen LogP contribution in [0, 0.1) is 0 Å². The highest BCUT2D eigenvalue weighted by Crippen LogP contribution is 2.38. The van der Waals surface area contributed by atoms with Gasteiger partial charge in [0.15, 0.2) is 0 Å². The molecule has 1 aliphatic rings. The average Bonchev–Trinajstić information content (AvgIpc) is 2.56. The first kappa shape index (κ1) is 15.6. The molecule has 0 saturated heterocycles. The average molecular weight is 280 g/mol.